The van der Waals surface area contributed by atoms with E-state index in [1.165, 1.54) is 18.2 Å². The molecule has 0 aromatic heterocycles. The number of hydrogen-bond acceptors (Lipinski definition) is 5. The first-order valence-corrected chi connectivity index (χ1v) is 7.94. The van der Waals surface area contributed by atoms with Gasteiger partial charge in [0.25, 0.3) is 5.69 Å². The number of sulfone groups is 1. The zero-order valence-corrected chi connectivity index (χ0v) is 11.6. The number of nitrogens with zero attached hydrogens (tertiary/aromatic N) is 1. The van der Waals surface area contributed by atoms with E-state index in [9.17, 15) is 18.5 Å². The van der Waals surface area contributed by atoms with Crippen LogP contribution in [0.4, 0.5) is 5.69 Å². The zero-order valence-electron chi connectivity index (χ0n) is 10.0. The van der Waals surface area contributed by atoms with Gasteiger partial charge in [0, 0.05) is 29.7 Å². The highest BCUT2D eigenvalue weighted by molar-refractivity contribution is 7.91. The summed E-state index contributed by atoms with van der Waals surface area (Å²) in [7, 11) is -2.94. The highest BCUT2D eigenvalue weighted by Gasteiger charge is 2.27. The summed E-state index contributed by atoms with van der Waals surface area (Å²) >= 11 is 5.96. The van der Waals surface area contributed by atoms with E-state index in [2.05, 4.69) is 5.32 Å². The van der Waals surface area contributed by atoms with Gasteiger partial charge in [-0.05, 0) is 18.1 Å². The highest BCUT2D eigenvalue weighted by Crippen LogP contribution is 2.22. The van der Waals surface area contributed by atoms with E-state index in [1.54, 1.807) is 0 Å². The van der Waals surface area contributed by atoms with Crippen molar-refractivity contribution in [3.05, 3.63) is 38.9 Å². The number of nitro groups is 1. The fraction of sp³-hybridized carbons (Fsp3) is 0.455. The minimum absolute atomic E-state index is 0.0276. The molecule has 1 aromatic rings. The van der Waals surface area contributed by atoms with Crippen molar-refractivity contribution in [3.8, 4) is 0 Å². The Bertz CT molecular complexity index is 603. The Morgan fingerprint density at radius 1 is 1.47 bits per heavy atom. The van der Waals surface area contributed by atoms with Gasteiger partial charge in [-0.15, -0.1) is 0 Å². The molecule has 0 amide bonds. The van der Waals surface area contributed by atoms with Crippen LogP contribution in [0.25, 0.3) is 0 Å². The topological polar surface area (TPSA) is 89.3 Å². The molecule has 0 bridgehead atoms. The molecule has 1 aliphatic rings. The second-order valence-corrected chi connectivity index (χ2v) is 7.15. The standard InChI is InChI=1S/C11H13ClN2O4S/c12-11-2-1-10(14(15)16)5-8(11)6-13-9-3-4-19(17,18)7-9/h1-2,5,9,13H,3-4,6-7H2. The molecule has 0 radical (unpaired) electrons. The summed E-state index contributed by atoms with van der Waals surface area (Å²) in [5.74, 6) is 0.298. The lowest BCUT2D eigenvalue weighted by molar-refractivity contribution is -0.384. The molecule has 1 N–H and O–H groups in total. The second kappa shape index (κ2) is 5.44. The number of halogens is 1. The number of hydrogen-bond donors (Lipinski definition) is 1. The first-order chi connectivity index (χ1) is 8.87. The molecule has 1 aliphatic heterocycles. The molecule has 0 spiro atoms. The molecule has 0 saturated carbocycles. The van der Waals surface area contributed by atoms with Crippen LogP contribution >= 0.6 is 11.6 Å². The monoisotopic (exact) mass is 304 g/mol. The molecular weight excluding hydrogens is 292 g/mol. The summed E-state index contributed by atoms with van der Waals surface area (Å²) in [4.78, 5) is 10.2. The molecule has 8 heteroatoms. The summed E-state index contributed by atoms with van der Waals surface area (Å²) in [6, 6.07) is 4.10. The Labute approximate surface area is 115 Å². The lowest BCUT2D eigenvalue weighted by Crippen LogP contribution is -2.29. The van der Waals surface area contributed by atoms with Gasteiger partial charge in [-0.2, -0.15) is 0 Å². The van der Waals surface area contributed by atoms with Crippen molar-refractivity contribution in [1.29, 1.82) is 0 Å². The van der Waals surface area contributed by atoms with Crippen molar-refractivity contribution in [2.45, 2.75) is 19.0 Å². The minimum Gasteiger partial charge on any atom is -0.309 e. The predicted molar refractivity (Wildman–Crippen MR) is 72.0 cm³/mol. The average Bonchev–Trinajstić information content (AvgIpc) is 2.67. The van der Waals surface area contributed by atoms with Crippen molar-refractivity contribution in [1.82, 2.24) is 5.32 Å². The summed E-state index contributed by atoms with van der Waals surface area (Å²) in [6.07, 6.45) is 0.564. The summed E-state index contributed by atoms with van der Waals surface area (Å²) < 4.78 is 22.6. The number of nitrogens with one attached hydrogen (secondary N) is 1. The van der Waals surface area contributed by atoms with Crippen LogP contribution in [0.2, 0.25) is 5.02 Å². The Morgan fingerprint density at radius 3 is 2.79 bits per heavy atom. The van der Waals surface area contributed by atoms with Gasteiger partial charge in [-0.1, -0.05) is 11.6 Å². The molecule has 6 nitrogen and oxygen atoms in total. The molecule has 1 aromatic carbocycles. The minimum atomic E-state index is -2.94. The Morgan fingerprint density at radius 2 is 2.21 bits per heavy atom. The summed E-state index contributed by atoms with van der Waals surface area (Å²) in [5, 5.41) is 14.2. The van der Waals surface area contributed by atoms with Crippen LogP contribution in [0, 0.1) is 10.1 Å². The second-order valence-electron chi connectivity index (χ2n) is 4.51. The SMILES string of the molecule is O=[N+]([O-])c1ccc(Cl)c(CNC2CCS(=O)(=O)C2)c1. The molecular formula is C11H13ClN2O4S. The van der Waals surface area contributed by atoms with Gasteiger partial charge in [0.1, 0.15) is 0 Å². The average molecular weight is 305 g/mol. The van der Waals surface area contributed by atoms with Gasteiger partial charge in [0.15, 0.2) is 9.84 Å². The molecule has 1 atom stereocenters. The summed E-state index contributed by atoms with van der Waals surface area (Å²) in [5.41, 5.74) is 0.570. The van der Waals surface area contributed by atoms with E-state index < -0.39 is 14.8 Å². The van der Waals surface area contributed by atoms with Gasteiger partial charge in [0.2, 0.25) is 0 Å². The van der Waals surface area contributed by atoms with Gasteiger partial charge < -0.3 is 5.32 Å². The van der Waals surface area contributed by atoms with Crippen molar-refractivity contribution in [2.75, 3.05) is 11.5 Å². The van der Waals surface area contributed by atoms with Crippen LogP contribution in [0.1, 0.15) is 12.0 Å². The van der Waals surface area contributed by atoms with Gasteiger partial charge in [-0.25, -0.2) is 8.42 Å². The Kier molecular flexibility index (Phi) is 4.07. The predicted octanol–water partition coefficient (Wildman–Crippen LogP) is 1.52. The fourth-order valence-corrected chi connectivity index (χ4v) is 3.91. The smallest absolute Gasteiger partial charge is 0.269 e. The third-order valence-corrected chi connectivity index (χ3v) is 5.19. The lowest BCUT2D eigenvalue weighted by Gasteiger charge is -2.11. The van der Waals surface area contributed by atoms with Crippen LogP contribution in [-0.2, 0) is 16.4 Å². The third-order valence-electron chi connectivity index (χ3n) is 3.05. The first-order valence-electron chi connectivity index (χ1n) is 5.74. The maximum atomic E-state index is 11.3. The molecule has 2 rings (SSSR count). The quantitative estimate of drug-likeness (QED) is 0.673. The van der Waals surface area contributed by atoms with E-state index in [-0.39, 0.29) is 23.2 Å². The van der Waals surface area contributed by atoms with E-state index >= 15 is 0 Å². The first kappa shape index (κ1) is 14.2. The van der Waals surface area contributed by atoms with Gasteiger partial charge >= 0.3 is 0 Å². The van der Waals surface area contributed by atoms with E-state index in [0.29, 0.717) is 23.6 Å². The number of nitro benzene ring substituents is 1. The normalized spacial score (nSPS) is 21.4. The van der Waals surface area contributed by atoms with E-state index in [4.69, 9.17) is 11.6 Å². The Balaban J connectivity index is 2.03. The largest absolute Gasteiger partial charge is 0.309 e. The lowest BCUT2D eigenvalue weighted by atomic mass is 10.2. The van der Waals surface area contributed by atoms with Crippen LogP contribution in [0.3, 0.4) is 0 Å². The Hall–Kier alpha value is -1.18. The van der Waals surface area contributed by atoms with Gasteiger partial charge in [0.05, 0.1) is 16.4 Å². The van der Waals surface area contributed by atoms with Crippen molar-refractivity contribution in [3.63, 3.8) is 0 Å². The van der Waals surface area contributed by atoms with Crippen molar-refractivity contribution >= 4 is 27.1 Å². The maximum absolute atomic E-state index is 11.3. The fourth-order valence-electron chi connectivity index (χ4n) is 2.02. The zero-order chi connectivity index (χ0) is 14.0. The molecule has 1 heterocycles. The molecule has 104 valence electrons. The van der Waals surface area contributed by atoms with Gasteiger partial charge in [-0.3, -0.25) is 10.1 Å². The highest BCUT2D eigenvalue weighted by atomic mass is 35.5. The van der Waals surface area contributed by atoms with Crippen LogP contribution < -0.4 is 5.32 Å². The molecule has 1 saturated heterocycles. The summed E-state index contributed by atoms with van der Waals surface area (Å²) in [6.45, 7) is 0.320. The molecule has 1 fully saturated rings. The van der Waals surface area contributed by atoms with Crippen LogP contribution in [0.5, 0.6) is 0 Å². The maximum Gasteiger partial charge on any atom is 0.269 e. The molecule has 19 heavy (non-hydrogen) atoms. The number of rotatable bonds is 4. The number of benzene rings is 1. The van der Waals surface area contributed by atoms with Crippen LogP contribution in [-0.4, -0.2) is 30.9 Å². The molecule has 1 unspecified atom stereocenters. The van der Waals surface area contributed by atoms with Crippen molar-refractivity contribution in [2.24, 2.45) is 0 Å². The van der Waals surface area contributed by atoms with E-state index in [0.717, 1.165) is 0 Å². The molecule has 0 aliphatic carbocycles. The third kappa shape index (κ3) is 3.65. The number of non-ortho nitro benzene ring substituents is 1. The van der Waals surface area contributed by atoms with Crippen LogP contribution in [0.15, 0.2) is 18.2 Å². The van der Waals surface area contributed by atoms with Crippen molar-refractivity contribution < 1.29 is 13.3 Å². The van der Waals surface area contributed by atoms with E-state index in [1.807, 2.05) is 0 Å².